The Kier molecular flexibility index (Phi) is 7.59. The van der Waals surface area contributed by atoms with Crippen molar-refractivity contribution in [2.45, 2.75) is 13.5 Å². The molecule has 1 amide bonds. The zero-order chi connectivity index (χ0) is 23.8. The Balaban J connectivity index is 1.57. The van der Waals surface area contributed by atoms with Crippen molar-refractivity contribution in [1.82, 2.24) is 0 Å². The second-order valence-electron chi connectivity index (χ2n) is 7.02. The topological polar surface area (TPSA) is 117 Å². The molecular formula is C24H22N2O7. The number of nitrogens with one attached hydrogen (secondary N) is 1. The first-order valence-corrected chi connectivity index (χ1v) is 9.94. The van der Waals surface area contributed by atoms with Gasteiger partial charge in [-0.1, -0.05) is 30.3 Å². The summed E-state index contributed by atoms with van der Waals surface area (Å²) >= 11 is 0. The lowest BCUT2D eigenvalue weighted by Gasteiger charge is -2.12. The summed E-state index contributed by atoms with van der Waals surface area (Å²) in [4.78, 5) is 34.8. The zero-order valence-corrected chi connectivity index (χ0v) is 18.1. The third kappa shape index (κ3) is 6.30. The van der Waals surface area contributed by atoms with Gasteiger partial charge >= 0.3 is 5.97 Å². The Hall–Kier alpha value is -4.40. The average Bonchev–Trinajstić information content (AvgIpc) is 2.82. The highest BCUT2D eigenvalue weighted by Crippen LogP contribution is 2.29. The lowest BCUT2D eigenvalue weighted by Crippen LogP contribution is -2.21. The predicted octanol–water partition coefficient (Wildman–Crippen LogP) is 4.29. The minimum absolute atomic E-state index is 0.0814. The van der Waals surface area contributed by atoms with Crippen LogP contribution in [0.25, 0.3) is 0 Å². The molecule has 170 valence electrons. The Morgan fingerprint density at radius 2 is 1.76 bits per heavy atom. The van der Waals surface area contributed by atoms with Gasteiger partial charge in [0.1, 0.15) is 6.61 Å². The third-order valence-corrected chi connectivity index (χ3v) is 4.67. The van der Waals surface area contributed by atoms with Crippen LogP contribution in [0, 0.1) is 17.0 Å². The number of non-ortho nitro benzene ring substituents is 1. The van der Waals surface area contributed by atoms with E-state index in [1.807, 2.05) is 30.3 Å². The first kappa shape index (κ1) is 23.3. The van der Waals surface area contributed by atoms with Crippen molar-refractivity contribution < 1.29 is 28.7 Å². The monoisotopic (exact) mass is 450 g/mol. The summed E-state index contributed by atoms with van der Waals surface area (Å²) in [5.74, 6) is -0.468. The van der Waals surface area contributed by atoms with Gasteiger partial charge in [-0.25, -0.2) is 4.79 Å². The van der Waals surface area contributed by atoms with E-state index in [4.69, 9.17) is 14.2 Å². The fourth-order valence-corrected chi connectivity index (χ4v) is 2.95. The van der Waals surface area contributed by atoms with E-state index in [0.29, 0.717) is 29.4 Å². The molecule has 3 aromatic carbocycles. The van der Waals surface area contributed by atoms with E-state index in [0.717, 1.165) is 5.56 Å². The molecule has 0 atom stereocenters. The van der Waals surface area contributed by atoms with Gasteiger partial charge in [-0.15, -0.1) is 0 Å². The smallest absolute Gasteiger partial charge is 0.338 e. The highest BCUT2D eigenvalue weighted by molar-refractivity contribution is 5.96. The minimum atomic E-state index is -0.710. The molecule has 0 bridgehead atoms. The van der Waals surface area contributed by atoms with Crippen molar-refractivity contribution in [1.29, 1.82) is 0 Å². The number of carbonyl (C=O) groups is 2. The molecule has 0 aliphatic carbocycles. The van der Waals surface area contributed by atoms with Gasteiger partial charge in [0.2, 0.25) is 0 Å². The number of nitro benzene ring substituents is 1. The van der Waals surface area contributed by atoms with Gasteiger partial charge in [-0.05, 0) is 42.3 Å². The predicted molar refractivity (Wildman–Crippen MR) is 121 cm³/mol. The van der Waals surface area contributed by atoms with Crippen molar-refractivity contribution in [2.24, 2.45) is 0 Å². The van der Waals surface area contributed by atoms with Gasteiger partial charge in [-0.3, -0.25) is 14.9 Å². The second-order valence-corrected chi connectivity index (χ2v) is 7.02. The number of benzene rings is 3. The number of ether oxygens (including phenoxy) is 3. The van der Waals surface area contributed by atoms with E-state index >= 15 is 0 Å². The van der Waals surface area contributed by atoms with Crippen LogP contribution in [0.3, 0.4) is 0 Å². The summed E-state index contributed by atoms with van der Waals surface area (Å²) in [7, 11) is 1.46. The van der Waals surface area contributed by atoms with Crippen molar-refractivity contribution >= 4 is 23.3 Å². The first-order valence-electron chi connectivity index (χ1n) is 9.94. The number of methoxy groups -OCH3 is 1. The SMILES string of the molecule is COc1cc(C(=O)OCC(=O)Nc2ccc([N+](=O)[O-])cc2C)ccc1OCc1ccccc1. The number of carbonyl (C=O) groups excluding carboxylic acids is 2. The highest BCUT2D eigenvalue weighted by atomic mass is 16.6. The van der Waals surface area contributed by atoms with Crippen LogP contribution in [0.1, 0.15) is 21.5 Å². The number of amides is 1. The Labute approximate surface area is 190 Å². The van der Waals surface area contributed by atoms with Crippen molar-refractivity contribution in [3.63, 3.8) is 0 Å². The molecule has 33 heavy (non-hydrogen) atoms. The molecule has 0 fully saturated rings. The molecule has 0 saturated heterocycles. The van der Waals surface area contributed by atoms with E-state index in [9.17, 15) is 19.7 Å². The number of hydrogen-bond acceptors (Lipinski definition) is 7. The maximum absolute atomic E-state index is 12.4. The summed E-state index contributed by atoms with van der Waals surface area (Å²) < 4.78 is 16.2. The van der Waals surface area contributed by atoms with Gasteiger partial charge in [0, 0.05) is 17.8 Å². The van der Waals surface area contributed by atoms with Gasteiger partial charge < -0.3 is 19.5 Å². The minimum Gasteiger partial charge on any atom is -0.493 e. The number of nitro groups is 1. The van der Waals surface area contributed by atoms with Crippen LogP contribution in [0.2, 0.25) is 0 Å². The number of esters is 1. The zero-order valence-electron chi connectivity index (χ0n) is 18.1. The quantitative estimate of drug-likeness (QED) is 0.294. The molecular weight excluding hydrogens is 428 g/mol. The van der Waals surface area contributed by atoms with Gasteiger partial charge in [0.15, 0.2) is 18.1 Å². The maximum atomic E-state index is 12.4. The molecule has 3 rings (SSSR count). The molecule has 1 N–H and O–H groups in total. The number of rotatable bonds is 9. The molecule has 3 aromatic rings. The first-order chi connectivity index (χ1) is 15.9. The third-order valence-electron chi connectivity index (χ3n) is 4.67. The van der Waals surface area contributed by atoms with Crippen LogP contribution < -0.4 is 14.8 Å². The Morgan fingerprint density at radius 1 is 1.00 bits per heavy atom. The van der Waals surface area contributed by atoms with Crippen LogP contribution in [-0.4, -0.2) is 30.5 Å². The Bertz CT molecular complexity index is 1160. The molecule has 0 radical (unpaired) electrons. The standard InChI is InChI=1S/C24H22N2O7/c1-16-12-19(26(29)30)9-10-20(16)25-23(27)15-33-24(28)18-8-11-21(22(13-18)31-2)32-14-17-6-4-3-5-7-17/h3-13H,14-15H2,1-2H3,(H,25,27). The summed E-state index contributed by atoms with van der Waals surface area (Å²) in [6.07, 6.45) is 0. The van der Waals surface area contributed by atoms with Crippen molar-refractivity contribution in [3.05, 3.63) is 93.5 Å². The Morgan fingerprint density at radius 3 is 2.42 bits per heavy atom. The molecule has 9 heteroatoms. The molecule has 0 spiro atoms. The lowest BCUT2D eigenvalue weighted by molar-refractivity contribution is -0.384. The fraction of sp³-hybridized carbons (Fsp3) is 0.167. The number of anilines is 1. The number of aryl methyl sites for hydroxylation is 1. The maximum Gasteiger partial charge on any atom is 0.338 e. The molecule has 0 unspecified atom stereocenters. The number of hydrogen-bond donors (Lipinski definition) is 1. The molecule has 0 aromatic heterocycles. The summed E-state index contributed by atoms with van der Waals surface area (Å²) in [5.41, 5.74) is 2.00. The van der Waals surface area contributed by atoms with Crippen LogP contribution in [0.15, 0.2) is 66.7 Å². The summed E-state index contributed by atoms with van der Waals surface area (Å²) in [6.45, 7) is 1.44. The largest absolute Gasteiger partial charge is 0.493 e. The van der Waals surface area contributed by atoms with Crippen molar-refractivity contribution in [3.8, 4) is 11.5 Å². The summed E-state index contributed by atoms with van der Waals surface area (Å²) in [5, 5.41) is 13.4. The normalized spacial score (nSPS) is 10.2. The van der Waals surface area contributed by atoms with E-state index in [1.54, 1.807) is 13.0 Å². The molecule has 0 heterocycles. The molecule has 9 nitrogen and oxygen atoms in total. The van der Waals surface area contributed by atoms with Gasteiger partial charge in [0.05, 0.1) is 17.6 Å². The van der Waals surface area contributed by atoms with Crippen LogP contribution in [-0.2, 0) is 16.1 Å². The number of nitrogens with zero attached hydrogens (tertiary/aromatic N) is 1. The van der Waals surface area contributed by atoms with Gasteiger partial charge in [-0.2, -0.15) is 0 Å². The fourth-order valence-electron chi connectivity index (χ4n) is 2.95. The van der Waals surface area contributed by atoms with E-state index in [-0.39, 0.29) is 11.3 Å². The van der Waals surface area contributed by atoms with E-state index in [2.05, 4.69) is 5.32 Å². The van der Waals surface area contributed by atoms with E-state index in [1.165, 1.54) is 37.4 Å². The average molecular weight is 450 g/mol. The lowest BCUT2D eigenvalue weighted by atomic mass is 10.2. The van der Waals surface area contributed by atoms with Gasteiger partial charge in [0.25, 0.3) is 11.6 Å². The molecule has 0 aliphatic rings. The van der Waals surface area contributed by atoms with Crippen LogP contribution >= 0.6 is 0 Å². The molecule has 0 saturated carbocycles. The molecule has 0 aliphatic heterocycles. The van der Waals surface area contributed by atoms with E-state index < -0.39 is 23.4 Å². The highest BCUT2D eigenvalue weighted by Gasteiger charge is 2.15. The second kappa shape index (κ2) is 10.8. The van der Waals surface area contributed by atoms with Crippen LogP contribution in [0.4, 0.5) is 11.4 Å². The van der Waals surface area contributed by atoms with Crippen molar-refractivity contribution in [2.75, 3.05) is 19.0 Å². The summed E-state index contributed by atoms with van der Waals surface area (Å²) in [6, 6.07) is 18.2. The van der Waals surface area contributed by atoms with Crippen LogP contribution in [0.5, 0.6) is 11.5 Å².